The van der Waals surface area contributed by atoms with Crippen LogP contribution in [0.25, 0.3) is 10.9 Å². The summed E-state index contributed by atoms with van der Waals surface area (Å²) in [6.07, 6.45) is 2.09. The Kier molecular flexibility index (Phi) is 4.17. The standard InChI is InChI=1S/C18H23N5O2/c1-23-15-8-12(20-10-11-6-7-19-9-11)2-3-13(15)17(22-23)14-4-5-16(24)21-18(14)25/h2-3,8,11,14,19-20H,4-7,9-10H2,1H3,(H,21,24,25)/t11-,14?/m1/s1. The van der Waals surface area contributed by atoms with Gasteiger partial charge >= 0.3 is 0 Å². The number of carbonyl (C=O) groups excluding carboxylic acids is 2. The Morgan fingerprint density at radius 3 is 2.96 bits per heavy atom. The lowest BCUT2D eigenvalue weighted by atomic mass is 9.93. The van der Waals surface area contributed by atoms with Gasteiger partial charge in [0, 0.05) is 31.1 Å². The number of anilines is 1. The number of piperidine rings is 1. The molecule has 1 aromatic carbocycles. The number of nitrogens with zero attached hydrogens (tertiary/aromatic N) is 2. The van der Waals surface area contributed by atoms with E-state index >= 15 is 0 Å². The minimum Gasteiger partial charge on any atom is -0.385 e. The average molecular weight is 341 g/mol. The highest BCUT2D eigenvalue weighted by Crippen LogP contribution is 2.31. The molecule has 3 N–H and O–H groups in total. The van der Waals surface area contributed by atoms with E-state index in [4.69, 9.17) is 0 Å². The highest BCUT2D eigenvalue weighted by atomic mass is 16.2. The molecule has 7 heteroatoms. The number of benzene rings is 1. The van der Waals surface area contributed by atoms with Gasteiger partial charge in [-0.2, -0.15) is 5.10 Å². The topological polar surface area (TPSA) is 88.0 Å². The van der Waals surface area contributed by atoms with Crippen molar-refractivity contribution >= 4 is 28.4 Å². The van der Waals surface area contributed by atoms with Gasteiger partial charge in [-0.25, -0.2) is 0 Å². The smallest absolute Gasteiger partial charge is 0.235 e. The zero-order chi connectivity index (χ0) is 17.4. The Labute approximate surface area is 146 Å². The van der Waals surface area contributed by atoms with E-state index in [1.807, 2.05) is 23.9 Å². The molecule has 7 nitrogen and oxygen atoms in total. The molecule has 132 valence electrons. The van der Waals surface area contributed by atoms with Gasteiger partial charge in [0.2, 0.25) is 11.8 Å². The summed E-state index contributed by atoms with van der Waals surface area (Å²) in [7, 11) is 1.89. The minimum atomic E-state index is -0.357. The molecule has 2 aliphatic heterocycles. The van der Waals surface area contributed by atoms with Crippen LogP contribution in [-0.4, -0.2) is 41.2 Å². The van der Waals surface area contributed by atoms with Crippen molar-refractivity contribution in [2.24, 2.45) is 13.0 Å². The van der Waals surface area contributed by atoms with Crippen molar-refractivity contribution in [3.8, 4) is 0 Å². The molecule has 4 rings (SSSR count). The van der Waals surface area contributed by atoms with Crippen LogP contribution in [0.1, 0.15) is 30.9 Å². The number of rotatable bonds is 4. The second-order valence-corrected chi connectivity index (χ2v) is 6.98. The van der Waals surface area contributed by atoms with E-state index in [9.17, 15) is 9.59 Å². The molecular formula is C18H23N5O2. The molecule has 0 bridgehead atoms. The molecule has 2 saturated heterocycles. The Bertz CT molecular complexity index is 822. The Morgan fingerprint density at radius 2 is 2.20 bits per heavy atom. The van der Waals surface area contributed by atoms with Gasteiger partial charge in [-0.15, -0.1) is 0 Å². The van der Waals surface area contributed by atoms with Crippen LogP contribution in [-0.2, 0) is 16.6 Å². The van der Waals surface area contributed by atoms with Gasteiger partial charge < -0.3 is 10.6 Å². The largest absolute Gasteiger partial charge is 0.385 e. The fourth-order valence-corrected chi connectivity index (χ4v) is 3.76. The normalized spacial score (nSPS) is 23.9. The zero-order valence-electron chi connectivity index (χ0n) is 14.3. The summed E-state index contributed by atoms with van der Waals surface area (Å²) in [5.41, 5.74) is 2.82. The van der Waals surface area contributed by atoms with E-state index in [0.717, 1.165) is 41.9 Å². The number of fused-ring (bicyclic) bond motifs is 1. The lowest BCUT2D eigenvalue weighted by Crippen LogP contribution is -2.39. The third-order valence-electron chi connectivity index (χ3n) is 5.21. The van der Waals surface area contributed by atoms with Gasteiger partial charge in [-0.05, 0) is 50.0 Å². The predicted octanol–water partition coefficient (Wildman–Crippen LogP) is 1.11. The summed E-state index contributed by atoms with van der Waals surface area (Å²) in [5.74, 6) is -0.132. The number of hydrogen-bond donors (Lipinski definition) is 3. The molecule has 0 aliphatic carbocycles. The van der Waals surface area contributed by atoms with Crippen molar-refractivity contribution in [2.75, 3.05) is 25.0 Å². The molecule has 0 spiro atoms. The fraction of sp³-hybridized carbons (Fsp3) is 0.500. The molecule has 0 radical (unpaired) electrons. The van der Waals surface area contributed by atoms with Crippen molar-refractivity contribution in [2.45, 2.75) is 25.2 Å². The van der Waals surface area contributed by atoms with Crippen LogP contribution in [0.5, 0.6) is 0 Å². The zero-order valence-corrected chi connectivity index (χ0v) is 14.3. The number of hydrogen-bond acceptors (Lipinski definition) is 5. The number of imide groups is 1. The first-order chi connectivity index (χ1) is 12.1. The van der Waals surface area contributed by atoms with E-state index in [1.165, 1.54) is 6.42 Å². The highest BCUT2D eigenvalue weighted by molar-refractivity contribution is 6.02. The first-order valence-corrected chi connectivity index (χ1v) is 8.87. The van der Waals surface area contributed by atoms with E-state index in [0.29, 0.717) is 18.8 Å². The third kappa shape index (κ3) is 3.11. The van der Waals surface area contributed by atoms with Crippen molar-refractivity contribution in [3.05, 3.63) is 23.9 Å². The minimum absolute atomic E-state index is 0.200. The second-order valence-electron chi connectivity index (χ2n) is 6.98. The lowest BCUT2D eigenvalue weighted by Gasteiger charge is -2.19. The predicted molar refractivity (Wildman–Crippen MR) is 95.3 cm³/mol. The van der Waals surface area contributed by atoms with Gasteiger partial charge in [0.25, 0.3) is 0 Å². The maximum atomic E-state index is 12.2. The molecule has 2 atom stereocenters. The monoisotopic (exact) mass is 341 g/mol. The van der Waals surface area contributed by atoms with Gasteiger partial charge in [0.05, 0.1) is 17.1 Å². The van der Waals surface area contributed by atoms with Crippen LogP contribution in [0.15, 0.2) is 18.2 Å². The summed E-state index contributed by atoms with van der Waals surface area (Å²) in [5, 5.41) is 14.9. The molecule has 0 saturated carbocycles. The Morgan fingerprint density at radius 1 is 1.32 bits per heavy atom. The quantitative estimate of drug-likeness (QED) is 0.725. The second kappa shape index (κ2) is 6.48. The van der Waals surface area contributed by atoms with Crippen LogP contribution in [0.4, 0.5) is 5.69 Å². The third-order valence-corrected chi connectivity index (χ3v) is 5.21. The number of aromatic nitrogens is 2. The Hall–Kier alpha value is -2.41. The van der Waals surface area contributed by atoms with Gasteiger partial charge in [0.1, 0.15) is 0 Å². The molecule has 3 heterocycles. The summed E-state index contributed by atoms with van der Waals surface area (Å²) in [4.78, 5) is 23.5. The Balaban J connectivity index is 1.58. The molecular weight excluding hydrogens is 318 g/mol. The van der Waals surface area contributed by atoms with Gasteiger partial charge in [-0.1, -0.05) is 0 Å². The van der Waals surface area contributed by atoms with E-state index in [-0.39, 0.29) is 17.7 Å². The summed E-state index contributed by atoms with van der Waals surface area (Å²) in [6.45, 7) is 3.12. The maximum Gasteiger partial charge on any atom is 0.235 e. The molecule has 2 fully saturated rings. The molecule has 2 amide bonds. The molecule has 1 aromatic heterocycles. The number of nitrogens with one attached hydrogen (secondary N) is 3. The maximum absolute atomic E-state index is 12.2. The number of amides is 2. The van der Waals surface area contributed by atoms with Crippen LogP contribution in [0, 0.1) is 5.92 Å². The van der Waals surface area contributed by atoms with Crippen molar-refractivity contribution < 1.29 is 9.59 Å². The van der Waals surface area contributed by atoms with E-state index in [1.54, 1.807) is 0 Å². The summed E-state index contributed by atoms with van der Waals surface area (Å²) in [6, 6.07) is 6.15. The van der Waals surface area contributed by atoms with Crippen molar-refractivity contribution in [3.63, 3.8) is 0 Å². The van der Waals surface area contributed by atoms with Crippen LogP contribution in [0.3, 0.4) is 0 Å². The SMILES string of the molecule is Cn1nc(C2CCC(=O)NC2=O)c2ccc(NC[C@@H]3CCNC3)cc21. The average Bonchev–Trinajstić information content (AvgIpc) is 3.22. The highest BCUT2D eigenvalue weighted by Gasteiger charge is 2.31. The van der Waals surface area contributed by atoms with E-state index < -0.39 is 0 Å². The van der Waals surface area contributed by atoms with Gasteiger partial charge in [0.15, 0.2) is 0 Å². The number of aryl methyl sites for hydroxylation is 1. The number of carbonyl (C=O) groups is 2. The van der Waals surface area contributed by atoms with Crippen molar-refractivity contribution in [1.82, 2.24) is 20.4 Å². The molecule has 2 aliphatic rings. The first-order valence-electron chi connectivity index (χ1n) is 8.87. The van der Waals surface area contributed by atoms with Crippen molar-refractivity contribution in [1.29, 1.82) is 0 Å². The molecule has 25 heavy (non-hydrogen) atoms. The fourth-order valence-electron chi connectivity index (χ4n) is 3.76. The molecule has 1 unspecified atom stereocenters. The first kappa shape index (κ1) is 16.1. The summed E-state index contributed by atoms with van der Waals surface area (Å²) < 4.78 is 1.82. The van der Waals surface area contributed by atoms with Crippen LogP contribution < -0.4 is 16.0 Å². The van der Waals surface area contributed by atoms with Gasteiger partial charge in [-0.3, -0.25) is 19.6 Å². The van der Waals surface area contributed by atoms with Crippen LogP contribution in [0.2, 0.25) is 0 Å². The van der Waals surface area contributed by atoms with Crippen LogP contribution >= 0.6 is 0 Å². The summed E-state index contributed by atoms with van der Waals surface area (Å²) >= 11 is 0. The van der Waals surface area contributed by atoms with E-state index in [2.05, 4.69) is 27.1 Å². The molecule has 2 aromatic rings. The lowest BCUT2D eigenvalue weighted by molar-refractivity contribution is -0.134.